The maximum Gasteiger partial charge on any atom is 0.325 e. The van der Waals surface area contributed by atoms with E-state index in [0.717, 1.165) is 42.8 Å². The number of carbonyl (C=O) groups is 3. The predicted molar refractivity (Wildman–Crippen MR) is 110 cm³/mol. The van der Waals surface area contributed by atoms with Gasteiger partial charge in [0.1, 0.15) is 12.1 Å². The van der Waals surface area contributed by atoms with Crippen molar-refractivity contribution in [3.8, 4) is 0 Å². The molecule has 7 heteroatoms. The molecule has 1 saturated carbocycles. The van der Waals surface area contributed by atoms with Crippen molar-refractivity contribution in [1.29, 1.82) is 0 Å². The Labute approximate surface area is 172 Å². The molecule has 0 radical (unpaired) electrons. The van der Waals surface area contributed by atoms with Gasteiger partial charge >= 0.3 is 6.03 Å². The summed E-state index contributed by atoms with van der Waals surface area (Å²) in [6, 6.07) is 7.72. The number of anilines is 1. The van der Waals surface area contributed by atoms with Crippen LogP contribution in [0.3, 0.4) is 0 Å². The molecule has 1 aliphatic carbocycles. The number of rotatable bonds is 5. The zero-order valence-electron chi connectivity index (χ0n) is 17.2. The van der Waals surface area contributed by atoms with E-state index in [1.807, 2.05) is 18.2 Å². The van der Waals surface area contributed by atoms with Gasteiger partial charge in [-0.25, -0.2) is 4.79 Å². The molecule has 2 heterocycles. The second-order valence-corrected chi connectivity index (χ2v) is 8.54. The summed E-state index contributed by atoms with van der Waals surface area (Å²) < 4.78 is 0. The topological polar surface area (TPSA) is 73.0 Å². The van der Waals surface area contributed by atoms with E-state index in [2.05, 4.69) is 16.3 Å². The van der Waals surface area contributed by atoms with Gasteiger partial charge in [0, 0.05) is 32.4 Å². The van der Waals surface area contributed by atoms with Gasteiger partial charge in [0.15, 0.2) is 0 Å². The first-order valence-corrected chi connectivity index (χ1v) is 10.7. The number of carbonyl (C=O) groups excluding carboxylic acids is 3. The maximum absolute atomic E-state index is 12.9. The normalized spacial score (nSPS) is 21.0. The summed E-state index contributed by atoms with van der Waals surface area (Å²) in [7, 11) is 1.73. The third-order valence-corrected chi connectivity index (χ3v) is 6.52. The fourth-order valence-electron chi connectivity index (χ4n) is 4.82. The third kappa shape index (κ3) is 3.82. The van der Waals surface area contributed by atoms with E-state index in [0.29, 0.717) is 19.4 Å². The van der Waals surface area contributed by atoms with Crippen molar-refractivity contribution < 1.29 is 14.4 Å². The molecule has 1 aromatic carbocycles. The molecular formula is C22H30N4O3. The molecule has 2 aliphatic heterocycles. The van der Waals surface area contributed by atoms with Crippen molar-refractivity contribution in [2.24, 2.45) is 0 Å². The molecule has 0 unspecified atom stereocenters. The summed E-state index contributed by atoms with van der Waals surface area (Å²) in [4.78, 5) is 43.2. The molecule has 4 rings (SSSR count). The lowest BCUT2D eigenvalue weighted by molar-refractivity contribution is -0.139. The fourth-order valence-corrected chi connectivity index (χ4v) is 4.82. The number of nitrogens with zero attached hydrogens (tertiary/aromatic N) is 3. The number of para-hydroxylation sites is 1. The lowest BCUT2D eigenvalue weighted by Crippen LogP contribution is -2.49. The van der Waals surface area contributed by atoms with Crippen LogP contribution in [0.4, 0.5) is 10.5 Å². The smallest absolute Gasteiger partial charge is 0.325 e. The van der Waals surface area contributed by atoms with Gasteiger partial charge in [-0.1, -0.05) is 37.5 Å². The van der Waals surface area contributed by atoms with Crippen molar-refractivity contribution in [3.63, 3.8) is 0 Å². The molecule has 3 aliphatic rings. The average molecular weight is 399 g/mol. The molecule has 7 nitrogen and oxygen atoms in total. The van der Waals surface area contributed by atoms with Crippen molar-refractivity contribution in [2.45, 2.75) is 57.0 Å². The number of benzene rings is 1. The van der Waals surface area contributed by atoms with E-state index in [-0.39, 0.29) is 18.4 Å². The molecule has 3 fully saturated rings. The number of amides is 4. The van der Waals surface area contributed by atoms with Crippen LogP contribution in [-0.2, 0) is 16.1 Å². The highest BCUT2D eigenvalue weighted by Gasteiger charge is 2.51. The van der Waals surface area contributed by atoms with E-state index < -0.39 is 11.6 Å². The Bertz CT molecular complexity index is 797. The molecule has 0 aromatic heterocycles. The van der Waals surface area contributed by atoms with Gasteiger partial charge in [-0.3, -0.25) is 14.5 Å². The molecule has 2 saturated heterocycles. The number of urea groups is 1. The average Bonchev–Trinajstić information content (AvgIpc) is 3.33. The van der Waals surface area contributed by atoms with E-state index in [9.17, 15) is 14.4 Å². The van der Waals surface area contributed by atoms with E-state index in [4.69, 9.17) is 0 Å². The van der Waals surface area contributed by atoms with Crippen LogP contribution in [0.15, 0.2) is 24.3 Å². The Hall–Kier alpha value is -2.57. The minimum Gasteiger partial charge on any atom is -0.371 e. The van der Waals surface area contributed by atoms with Crippen LogP contribution in [0, 0.1) is 0 Å². The van der Waals surface area contributed by atoms with Crippen LogP contribution in [0.5, 0.6) is 0 Å². The Balaban J connectivity index is 1.42. The fraction of sp³-hybridized carbons (Fsp3) is 0.591. The lowest BCUT2D eigenvalue weighted by atomic mass is 9.82. The number of nitrogens with one attached hydrogen (secondary N) is 1. The first kappa shape index (κ1) is 19.7. The maximum atomic E-state index is 12.9. The van der Waals surface area contributed by atoms with Gasteiger partial charge < -0.3 is 15.1 Å². The number of likely N-dealkylation sites (N-methyl/N-ethyl adjacent to an activating group) is 1. The third-order valence-electron chi connectivity index (χ3n) is 6.52. The molecule has 1 N–H and O–H groups in total. The Morgan fingerprint density at radius 2 is 1.76 bits per heavy atom. The summed E-state index contributed by atoms with van der Waals surface area (Å²) in [5.41, 5.74) is 1.48. The number of hydrogen-bond donors (Lipinski definition) is 1. The number of hydrogen-bond acceptors (Lipinski definition) is 4. The summed E-state index contributed by atoms with van der Waals surface area (Å²) in [6.45, 7) is 2.34. The summed E-state index contributed by atoms with van der Waals surface area (Å²) in [5, 5.41) is 2.87. The molecule has 0 bridgehead atoms. The van der Waals surface area contributed by atoms with E-state index in [1.165, 1.54) is 18.5 Å². The van der Waals surface area contributed by atoms with Gasteiger partial charge in [-0.05, 0) is 37.3 Å². The van der Waals surface area contributed by atoms with Gasteiger partial charge in [-0.2, -0.15) is 0 Å². The van der Waals surface area contributed by atoms with Crippen LogP contribution in [0.2, 0.25) is 0 Å². The van der Waals surface area contributed by atoms with Crippen LogP contribution in [0.1, 0.15) is 50.5 Å². The first-order chi connectivity index (χ1) is 14.0. The highest BCUT2D eigenvalue weighted by molar-refractivity contribution is 6.09. The molecule has 1 aromatic rings. The van der Waals surface area contributed by atoms with Crippen LogP contribution in [-0.4, -0.2) is 59.9 Å². The Kier molecular flexibility index (Phi) is 5.48. The summed E-state index contributed by atoms with van der Waals surface area (Å²) in [5.74, 6) is -0.459. The molecule has 156 valence electrons. The standard InChI is InChI=1S/C22H30N4O3/c1-24(15-17-9-3-4-10-18(17)25-13-7-8-14-25)19(27)16-26-20(28)22(23-21(26)29)11-5-2-6-12-22/h3-4,9-10H,2,5-8,11-16H2,1H3,(H,23,29). The summed E-state index contributed by atoms with van der Waals surface area (Å²) >= 11 is 0. The minimum atomic E-state index is -0.781. The van der Waals surface area contributed by atoms with Crippen LogP contribution < -0.4 is 10.2 Å². The second kappa shape index (κ2) is 8.05. The van der Waals surface area contributed by atoms with E-state index in [1.54, 1.807) is 11.9 Å². The van der Waals surface area contributed by atoms with Crippen LogP contribution >= 0.6 is 0 Å². The van der Waals surface area contributed by atoms with Crippen molar-refractivity contribution >= 4 is 23.5 Å². The molecular weight excluding hydrogens is 368 g/mol. The quantitative estimate of drug-likeness (QED) is 0.774. The summed E-state index contributed by atoms with van der Waals surface area (Å²) in [6.07, 6.45) is 6.67. The molecule has 29 heavy (non-hydrogen) atoms. The number of imide groups is 1. The molecule has 1 spiro atoms. The SMILES string of the molecule is CN(Cc1ccccc1N1CCCC1)C(=O)CN1C(=O)NC2(CCCCC2)C1=O. The van der Waals surface area contributed by atoms with Gasteiger partial charge in [-0.15, -0.1) is 0 Å². The predicted octanol–water partition coefficient (Wildman–Crippen LogP) is 2.50. The van der Waals surface area contributed by atoms with Crippen molar-refractivity contribution in [2.75, 3.05) is 31.6 Å². The molecule has 4 amide bonds. The molecule has 0 atom stereocenters. The van der Waals surface area contributed by atoms with Crippen molar-refractivity contribution in [1.82, 2.24) is 15.1 Å². The second-order valence-electron chi connectivity index (χ2n) is 8.54. The van der Waals surface area contributed by atoms with E-state index >= 15 is 0 Å². The van der Waals surface area contributed by atoms with Gasteiger partial charge in [0.25, 0.3) is 5.91 Å². The van der Waals surface area contributed by atoms with Crippen LogP contribution in [0.25, 0.3) is 0 Å². The first-order valence-electron chi connectivity index (χ1n) is 10.7. The minimum absolute atomic E-state index is 0.200. The van der Waals surface area contributed by atoms with Gasteiger partial charge in [0.2, 0.25) is 5.91 Å². The monoisotopic (exact) mass is 398 g/mol. The van der Waals surface area contributed by atoms with Gasteiger partial charge in [0.05, 0.1) is 0 Å². The largest absolute Gasteiger partial charge is 0.371 e. The van der Waals surface area contributed by atoms with Crippen molar-refractivity contribution in [3.05, 3.63) is 29.8 Å². The Morgan fingerprint density at radius 3 is 2.48 bits per heavy atom. The Morgan fingerprint density at radius 1 is 1.07 bits per heavy atom. The zero-order valence-corrected chi connectivity index (χ0v) is 17.2. The lowest BCUT2D eigenvalue weighted by Gasteiger charge is -2.30. The highest BCUT2D eigenvalue weighted by Crippen LogP contribution is 2.33. The zero-order chi connectivity index (χ0) is 20.4. The highest BCUT2D eigenvalue weighted by atomic mass is 16.2.